The summed E-state index contributed by atoms with van der Waals surface area (Å²) >= 11 is 0. The van der Waals surface area contributed by atoms with Crippen molar-refractivity contribution in [3.8, 4) is 0 Å². The third-order valence-corrected chi connectivity index (χ3v) is 4.18. The van der Waals surface area contributed by atoms with Gasteiger partial charge in [-0.2, -0.15) is 0 Å². The lowest BCUT2D eigenvalue weighted by Crippen LogP contribution is -2.47. The van der Waals surface area contributed by atoms with Crippen molar-refractivity contribution in [1.29, 1.82) is 0 Å². The Bertz CT molecular complexity index is 846. The molecule has 2 aromatic carbocycles. The summed E-state index contributed by atoms with van der Waals surface area (Å²) in [7, 11) is 1.30. The zero-order chi connectivity index (χ0) is 20.0. The minimum Gasteiger partial charge on any atom is -0.465 e. The summed E-state index contributed by atoms with van der Waals surface area (Å²) in [4.78, 5) is 36.9. The standard InChI is InChI=1S/C21H24N2O4/c1-13(2)18(23-19(24)17-11-6-5-8-14(17)3)20(25)22-16-10-7-9-15(12-16)21(26)27-4/h5-13,18H,1-4H3,(H,22,25)(H,23,24). The van der Waals surface area contributed by atoms with Crippen molar-refractivity contribution < 1.29 is 19.1 Å². The Morgan fingerprint density at radius 2 is 1.70 bits per heavy atom. The van der Waals surface area contributed by atoms with Crippen molar-refractivity contribution >= 4 is 23.5 Å². The highest BCUT2D eigenvalue weighted by molar-refractivity contribution is 6.02. The zero-order valence-corrected chi connectivity index (χ0v) is 15.9. The highest BCUT2D eigenvalue weighted by atomic mass is 16.5. The summed E-state index contributed by atoms with van der Waals surface area (Å²) in [6.45, 7) is 5.55. The Hall–Kier alpha value is -3.15. The van der Waals surface area contributed by atoms with Gasteiger partial charge in [0.1, 0.15) is 6.04 Å². The van der Waals surface area contributed by atoms with E-state index < -0.39 is 12.0 Å². The first-order chi connectivity index (χ1) is 12.8. The van der Waals surface area contributed by atoms with E-state index in [1.807, 2.05) is 32.9 Å². The summed E-state index contributed by atoms with van der Waals surface area (Å²) in [5, 5.41) is 5.55. The summed E-state index contributed by atoms with van der Waals surface area (Å²) in [5.74, 6) is -1.26. The number of carbonyl (C=O) groups is 3. The molecule has 0 fully saturated rings. The summed E-state index contributed by atoms with van der Waals surface area (Å²) in [5.41, 5.74) is 2.16. The SMILES string of the molecule is COC(=O)c1cccc(NC(=O)C(NC(=O)c2ccccc2C)C(C)C)c1. The molecule has 0 aliphatic heterocycles. The maximum atomic E-state index is 12.7. The van der Waals surface area contributed by atoms with E-state index in [9.17, 15) is 14.4 Å². The van der Waals surface area contributed by atoms with Gasteiger partial charge in [-0.1, -0.05) is 38.1 Å². The Balaban J connectivity index is 2.15. The van der Waals surface area contributed by atoms with Crippen LogP contribution in [0.25, 0.3) is 0 Å². The molecule has 2 N–H and O–H groups in total. The van der Waals surface area contributed by atoms with Crippen LogP contribution in [0.3, 0.4) is 0 Å². The molecule has 0 heterocycles. The number of ether oxygens (including phenoxy) is 1. The maximum absolute atomic E-state index is 12.7. The average Bonchev–Trinajstić information content (AvgIpc) is 2.65. The van der Waals surface area contributed by atoms with E-state index in [-0.39, 0.29) is 17.7 Å². The fraction of sp³-hybridized carbons (Fsp3) is 0.286. The second-order valence-corrected chi connectivity index (χ2v) is 6.57. The predicted octanol–water partition coefficient (Wildman–Crippen LogP) is 3.17. The van der Waals surface area contributed by atoms with Crippen molar-refractivity contribution in [2.24, 2.45) is 5.92 Å². The monoisotopic (exact) mass is 368 g/mol. The van der Waals surface area contributed by atoms with Crippen molar-refractivity contribution in [2.75, 3.05) is 12.4 Å². The van der Waals surface area contributed by atoms with Crippen LogP contribution in [-0.4, -0.2) is 30.9 Å². The second kappa shape index (κ2) is 8.98. The molecular weight excluding hydrogens is 344 g/mol. The molecule has 0 aliphatic rings. The van der Waals surface area contributed by atoms with Crippen LogP contribution in [0.2, 0.25) is 0 Å². The number of aryl methyl sites for hydroxylation is 1. The molecule has 0 aliphatic carbocycles. The molecule has 142 valence electrons. The van der Waals surface area contributed by atoms with Gasteiger partial charge >= 0.3 is 5.97 Å². The summed E-state index contributed by atoms with van der Waals surface area (Å²) in [6, 6.07) is 12.9. The van der Waals surface area contributed by atoms with E-state index in [0.29, 0.717) is 16.8 Å². The number of benzene rings is 2. The van der Waals surface area contributed by atoms with E-state index in [1.54, 1.807) is 30.3 Å². The summed E-state index contributed by atoms with van der Waals surface area (Å²) in [6.07, 6.45) is 0. The van der Waals surface area contributed by atoms with Gasteiger partial charge in [0.05, 0.1) is 12.7 Å². The molecule has 1 unspecified atom stereocenters. The highest BCUT2D eigenvalue weighted by Gasteiger charge is 2.25. The molecule has 0 saturated carbocycles. The van der Waals surface area contributed by atoms with Gasteiger partial charge in [0.25, 0.3) is 5.91 Å². The van der Waals surface area contributed by atoms with Gasteiger partial charge in [0, 0.05) is 11.3 Å². The first-order valence-corrected chi connectivity index (χ1v) is 8.69. The lowest BCUT2D eigenvalue weighted by molar-refractivity contribution is -0.118. The van der Waals surface area contributed by atoms with Crippen molar-refractivity contribution in [2.45, 2.75) is 26.8 Å². The maximum Gasteiger partial charge on any atom is 0.337 e. The normalized spacial score (nSPS) is 11.6. The number of anilines is 1. The quantitative estimate of drug-likeness (QED) is 0.767. The van der Waals surface area contributed by atoms with Gasteiger partial charge in [0.2, 0.25) is 5.91 Å². The molecule has 27 heavy (non-hydrogen) atoms. The average molecular weight is 368 g/mol. The summed E-state index contributed by atoms with van der Waals surface area (Å²) < 4.78 is 4.69. The molecule has 0 saturated heterocycles. The molecule has 1 atom stereocenters. The second-order valence-electron chi connectivity index (χ2n) is 6.57. The minimum absolute atomic E-state index is 0.123. The predicted molar refractivity (Wildman–Crippen MR) is 104 cm³/mol. The lowest BCUT2D eigenvalue weighted by atomic mass is 10.0. The lowest BCUT2D eigenvalue weighted by Gasteiger charge is -2.22. The number of hydrogen-bond acceptors (Lipinski definition) is 4. The van der Waals surface area contributed by atoms with E-state index in [2.05, 4.69) is 15.4 Å². The van der Waals surface area contributed by atoms with Crippen LogP contribution in [0.1, 0.15) is 40.1 Å². The van der Waals surface area contributed by atoms with Crippen LogP contribution in [0.5, 0.6) is 0 Å². The van der Waals surface area contributed by atoms with Gasteiger partial charge in [0.15, 0.2) is 0 Å². The molecular formula is C21H24N2O4. The molecule has 0 bridgehead atoms. The van der Waals surface area contributed by atoms with E-state index in [1.165, 1.54) is 13.2 Å². The fourth-order valence-electron chi connectivity index (χ4n) is 2.64. The van der Waals surface area contributed by atoms with Gasteiger partial charge in [-0.25, -0.2) is 4.79 Å². The molecule has 0 radical (unpaired) electrons. The van der Waals surface area contributed by atoms with Crippen LogP contribution < -0.4 is 10.6 Å². The van der Waals surface area contributed by atoms with E-state index in [0.717, 1.165) is 5.56 Å². The van der Waals surface area contributed by atoms with Crippen LogP contribution in [0.4, 0.5) is 5.69 Å². The largest absolute Gasteiger partial charge is 0.465 e. The molecule has 0 spiro atoms. The highest BCUT2D eigenvalue weighted by Crippen LogP contribution is 2.14. The Morgan fingerprint density at radius 3 is 2.33 bits per heavy atom. The van der Waals surface area contributed by atoms with Crippen LogP contribution in [-0.2, 0) is 9.53 Å². The van der Waals surface area contributed by atoms with Crippen molar-refractivity contribution in [3.63, 3.8) is 0 Å². The molecule has 2 aromatic rings. The number of nitrogens with one attached hydrogen (secondary N) is 2. The van der Waals surface area contributed by atoms with E-state index in [4.69, 9.17) is 0 Å². The molecule has 6 heteroatoms. The molecule has 2 rings (SSSR count). The van der Waals surface area contributed by atoms with Crippen LogP contribution >= 0.6 is 0 Å². The smallest absolute Gasteiger partial charge is 0.337 e. The Labute approximate surface area is 158 Å². The number of hydrogen-bond donors (Lipinski definition) is 2. The number of methoxy groups -OCH3 is 1. The van der Waals surface area contributed by atoms with Crippen molar-refractivity contribution in [3.05, 3.63) is 65.2 Å². The van der Waals surface area contributed by atoms with E-state index >= 15 is 0 Å². The first kappa shape index (κ1) is 20.2. The van der Waals surface area contributed by atoms with Gasteiger partial charge in [-0.3, -0.25) is 9.59 Å². The van der Waals surface area contributed by atoms with Gasteiger partial charge in [-0.05, 0) is 42.7 Å². The molecule has 0 aromatic heterocycles. The Kier molecular flexibility index (Phi) is 6.71. The molecule has 6 nitrogen and oxygen atoms in total. The number of amides is 2. The number of esters is 1. The third-order valence-electron chi connectivity index (χ3n) is 4.18. The number of carbonyl (C=O) groups excluding carboxylic acids is 3. The van der Waals surface area contributed by atoms with Crippen LogP contribution in [0.15, 0.2) is 48.5 Å². The topological polar surface area (TPSA) is 84.5 Å². The number of rotatable bonds is 6. The Morgan fingerprint density at radius 1 is 1.00 bits per heavy atom. The third kappa shape index (κ3) is 5.17. The van der Waals surface area contributed by atoms with Gasteiger partial charge < -0.3 is 15.4 Å². The van der Waals surface area contributed by atoms with Crippen LogP contribution in [0, 0.1) is 12.8 Å². The first-order valence-electron chi connectivity index (χ1n) is 8.69. The fourth-order valence-corrected chi connectivity index (χ4v) is 2.64. The van der Waals surface area contributed by atoms with Gasteiger partial charge in [-0.15, -0.1) is 0 Å². The zero-order valence-electron chi connectivity index (χ0n) is 15.9. The minimum atomic E-state index is -0.723. The van der Waals surface area contributed by atoms with Crippen molar-refractivity contribution in [1.82, 2.24) is 5.32 Å². The molecule has 2 amide bonds.